The van der Waals surface area contributed by atoms with E-state index >= 15 is 0 Å². The van der Waals surface area contributed by atoms with Crippen molar-refractivity contribution in [3.63, 3.8) is 0 Å². The minimum absolute atomic E-state index is 0.00593. The number of Topliss-reactive ketones (excluding diaryl/α,β-unsaturated/α-hetero) is 1. The Morgan fingerprint density at radius 1 is 1.15 bits per heavy atom. The third-order valence-corrected chi connectivity index (χ3v) is 5.39. The van der Waals surface area contributed by atoms with Gasteiger partial charge in [0.05, 0.1) is 24.2 Å². The largest absolute Gasteiger partial charge is 0.468 e. The van der Waals surface area contributed by atoms with Crippen LogP contribution in [-0.2, 0) is 21.4 Å². The summed E-state index contributed by atoms with van der Waals surface area (Å²) in [6, 6.07) is 8.81. The van der Waals surface area contributed by atoms with E-state index in [1.165, 1.54) is 37.5 Å². The molecule has 0 radical (unpaired) electrons. The van der Waals surface area contributed by atoms with Crippen LogP contribution in [0.25, 0.3) is 0 Å². The summed E-state index contributed by atoms with van der Waals surface area (Å²) in [5, 5.41) is 2.68. The van der Waals surface area contributed by atoms with Crippen LogP contribution in [0.1, 0.15) is 36.9 Å². The molecule has 0 aliphatic carbocycles. The van der Waals surface area contributed by atoms with E-state index in [1.54, 1.807) is 26.0 Å². The summed E-state index contributed by atoms with van der Waals surface area (Å²) in [5.41, 5.74) is 0.416. The van der Waals surface area contributed by atoms with Crippen molar-refractivity contribution in [2.45, 2.75) is 38.3 Å². The fourth-order valence-electron chi connectivity index (χ4n) is 2.34. The monoisotopic (exact) mass is 378 g/mol. The van der Waals surface area contributed by atoms with Crippen LogP contribution < -0.4 is 5.32 Å². The maximum absolute atomic E-state index is 13.0. The number of hydrogen-bond acceptors (Lipinski definition) is 5. The molecule has 2 rings (SSSR count). The Balaban J connectivity index is 2.31. The number of benzene rings is 1. The van der Waals surface area contributed by atoms with Crippen molar-refractivity contribution < 1.29 is 22.4 Å². The van der Waals surface area contributed by atoms with Gasteiger partial charge < -0.3 is 9.73 Å². The van der Waals surface area contributed by atoms with Gasteiger partial charge in [0, 0.05) is 11.6 Å². The van der Waals surface area contributed by atoms with E-state index in [0.29, 0.717) is 11.3 Å². The van der Waals surface area contributed by atoms with Gasteiger partial charge in [0.25, 0.3) is 0 Å². The van der Waals surface area contributed by atoms with Gasteiger partial charge in [-0.15, -0.1) is 0 Å². The highest BCUT2D eigenvalue weighted by Crippen LogP contribution is 2.19. The van der Waals surface area contributed by atoms with Crippen LogP contribution in [-0.4, -0.2) is 37.0 Å². The SMILES string of the molecule is CC(=O)c1ccc(S(=O)(=O)N(CC(=O)NC(C)C)Cc2ccco2)cc1. The number of carbonyl (C=O) groups is 2. The summed E-state index contributed by atoms with van der Waals surface area (Å²) >= 11 is 0. The Kier molecular flexibility index (Phi) is 6.33. The van der Waals surface area contributed by atoms with Crippen LogP contribution in [0, 0.1) is 0 Å². The van der Waals surface area contributed by atoms with Crippen LogP contribution in [0.2, 0.25) is 0 Å². The summed E-state index contributed by atoms with van der Waals surface area (Å²) in [6.07, 6.45) is 1.44. The van der Waals surface area contributed by atoms with E-state index in [9.17, 15) is 18.0 Å². The van der Waals surface area contributed by atoms with Crippen molar-refractivity contribution in [3.05, 3.63) is 54.0 Å². The van der Waals surface area contributed by atoms with Crippen molar-refractivity contribution >= 4 is 21.7 Å². The quantitative estimate of drug-likeness (QED) is 0.710. The Morgan fingerprint density at radius 2 is 1.81 bits per heavy atom. The molecule has 0 saturated carbocycles. The molecule has 7 nitrogen and oxygen atoms in total. The number of nitrogens with zero attached hydrogens (tertiary/aromatic N) is 1. The highest BCUT2D eigenvalue weighted by atomic mass is 32.2. The van der Waals surface area contributed by atoms with E-state index in [1.807, 2.05) is 0 Å². The zero-order valence-electron chi connectivity index (χ0n) is 14.9. The first-order chi connectivity index (χ1) is 12.2. The number of nitrogens with one attached hydrogen (secondary N) is 1. The van der Waals surface area contributed by atoms with Gasteiger partial charge in [-0.25, -0.2) is 8.42 Å². The van der Waals surface area contributed by atoms with Gasteiger partial charge >= 0.3 is 0 Å². The molecule has 0 unspecified atom stereocenters. The zero-order chi connectivity index (χ0) is 19.3. The molecule has 0 aliphatic heterocycles. The molecular formula is C18H22N2O5S. The number of sulfonamides is 1. The molecule has 1 amide bonds. The first-order valence-electron chi connectivity index (χ1n) is 8.13. The predicted octanol–water partition coefficient (Wildman–Crippen LogP) is 2.20. The van der Waals surface area contributed by atoms with Crippen LogP contribution in [0.3, 0.4) is 0 Å². The standard InChI is InChI=1S/C18H22N2O5S/c1-13(2)19-18(22)12-20(11-16-5-4-10-25-16)26(23,24)17-8-6-15(7-9-17)14(3)21/h4-10,13H,11-12H2,1-3H3,(H,19,22). The van der Waals surface area contributed by atoms with Gasteiger partial charge in [-0.05, 0) is 45.0 Å². The van der Waals surface area contributed by atoms with E-state index in [0.717, 1.165) is 4.31 Å². The Hall–Kier alpha value is -2.45. The summed E-state index contributed by atoms with van der Waals surface area (Å²) in [5.74, 6) is -0.139. The Labute approximate surface area is 153 Å². The molecule has 1 aromatic carbocycles. The Bertz CT molecular complexity index is 855. The second-order valence-corrected chi connectivity index (χ2v) is 8.09. The topological polar surface area (TPSA) is 96.7 Å². The molecule has 0 fully saturated rings. The molecular weight excluding hydrogens is 356 g/mol. The average molecular weight is 378 g/mol. The summed E-state index contributed by atoms with van der Waals surface area (Å²) in [7, 11) is -3.95. The van der Waals surface area contributed by atoms with Gasteiger partial charge in [0.2, 0.25) is 15.9 Å². The minimum atomic E-state index is -3.95. The highest BCUT2D eigenvalue weighted by molar-refractivity contribution is 7.89. The van der Waals surface area contributed by atoms with Crippen molar-refractivity contribution in [1.82, 2.24) is 9.62 Å². The second kappa shape index (κ2) is 8.29. The van der Waals surface area contributed by atoms with Crippen molar-refractivity contribution in [2.24, 2.45) is 0 Å². The van der Waals surface area contributed by atoms with Gasteiger partial charge in [0.15, 0.2) is 5.78 Å². The lowest BCUT2D eigenvalue weighted by Gasteiger charge is -2.21. The van der Waals surface area contributed by atoms with Crippen molar-refractivity contribution in [3.8, 4) is 0 Å². The first-order valence-corrected chi connectivity index (χ1v) is 9.57. The smallest absolute Gasteiger partial charge is 0.243 e. The maximum atomic E-state index is 13.0. The fraction of sp³-hybridized carbons (Fsp3) is 0.333. The first kappa shape index (κ1) is 19.9. The van der Waals surface area contributed by atoms with Crippen molar-refractivity contribution in [2.75, 3.05) is 6.54 Å². The highest BCUT2D eigenvalue weighted by Gasteiger charge is 2.28. The summed E-state index contributed by atoms with van der Waals surface area (Å²) in [4.78, 5) is 23.5. The average Bonchev–Trinajstić information content (AvgIpc) is 3.06. The number of rotatable bonds is 8. The van der Waals surface area contributed by atoms with E-state index in [-0.39, 0.29) is 29.8 Å². The molecule has 1 N–H and O–H groups in total. The van der Waals surface area contributed by atoms with Gasteiger partial charge in [-0.1, -0.05) is 12.1 Å². The third-order valence-electron chi connectivity index (χ3n) is 3.58. The maximum Gasteiger partial charge on any atom is 0.243 e. The van der Waals surface area contributed by atoms with Crippen molar-refractivity contribution in [1.29, 1.82) is 0 Å². The summed E-state index contributed by atoms with van der Waals surface area (Å²) in [6.45, 7) is 4.58. The minimum Gasteiger partial charge on any atom is -0.468 e. The van der Waals surface area contributed by atoms with Crippen LogP contribution >= 0.6 is 0 Å². The fourth-order valence-corrected chi connectivity index (χ4v) is 3.70. The number of hydrogen-bond donors (Lipinski definition) is 1. The zero-order valence-corrected chi connectivity index (χ0v) is 15.7. The molecule has 1 aromatic heterocycles. The van der Waals surface area contributed by atoms with Crippen LogP contribution in [0.4, 0.5) is 0 Å². The molecule has 8 heteroatoms. The molecule has 140 valence electrons. The molecule has 26 heavy (non-hydrogen) atoms. The van der Waals surface area contributed by atoms with E-state index in [4.69, 9.17) is 4.42 Å². The van der Waals surface area contributed by atoms with Gasteiger partial charge in [0.1, 0.15) is 5.76 Å². The molecule has 0 spiro atoms. The lowest BCUT2D eigenvalue weighted by molar-refractivity contribution is -0.121. The number of carbonyl (C=O) groups excluding carboxylic acids is 2. The number of ketones is 1. The molecule has 0 atom stereocenters. The number of amides is 1. The molecule has 0 aliphatic rings. The molecule has 2 aromatic rings. The predicted molar refractivity (Wildman–Crippen MR) is 96.0 cm³/mol. The van der Waals surface area contributed by atoms with E-state index < -0.39 is 15.9 Å². The van der Waals surface area contributed by atoms with Crippen LogP contribution in [0.15, 0.2) is 52.0 Å². The third kappa shape index (κ3) is 5.03. The summed E-state index contributed by atoms with van der Waals surface area (Å²) < 4.78 is 32.2. The molecule has 1 heterocycles. The molecule has 0 saturated heterocycles. The molecule has 0 bridgehead atoms. The van der Waals surface area contributed by atoms with E-state index in [2.05, 4.69) is 5.32 Å². The van der Waals surface area contributed by atoms with Gasteiger partial charge in [-0.3, -0.25) is 9.59 Å². The van der Waals surface area contributed by atoms with Crippen LogP contribution in [0.5, 0.6) is 0 Å². The normalized spacial score (nSPS) is 11.7. The number of furan rings is 1. The lowest BCUT2D eigenvalue weighted by Crippen LogP contribution is -2.42. The Morgan fingerprint density at radius 3 is 2.31 bits per heavy atom. The van der Waals surface area contributed by atoms with Gasteiger partial charge in [-0.2, -0.15) is 4.31 Å². The lowest BCUT2D eigenvalue weighted by atomic mass is 10.2. The second-order valence-electron chi connectivity index (χ2n) is 6.16.